The van der Waals surface area contributed by atoms with Gasteiger partial charge in [0.1, 0.15) is 21.5 Å². The molecule has 0 aliphatic heterocycles. The average Bonchev–Trinajstić information content (AvgIpc) is 3.37. The number of hydrogen-bond acceptors (Lipinski definition) is 8. The molecule has 2 heterocycles. The maximum Gasteiger partial charge on any atom is 0.274 e. The zero-order valence-electron chi connectivity index (χ0n) is 22.7. The van der Waals surface area contributed by atoms with Gasteiger partial charge in [-0.05, 0) is 39.1 Å². The van der Waals surface area contributed by atoms with Crippen molar-refractivity contribution in [1.82, 2.24) is 25.1 Å². The predicted octanol–water partition coefficient (Wildman–Crippen LogP) is 5.50. The summed E-state index contributed by atoms with van der Waals surface area (Å²) >= 11 is 1.56. The summed E-state index contributed by atoms with van der Waals surface area (Å²) in [6.45, 7) is 8.83. The molecule has 0 saturated carbocycles. The molecule has 0 aliphatic rings. The van der Waals surface area contributed by atoms with Gasteiger partial charge in [-0.15, -0.1) is 10.2 Å². The lowest BCUT2D eigenvalue weighted by molar-refractivity contribution is 0.102. The van der Waals surface area contributed by atoms with E-state index in [1.54, 1.807) is 17.4 Å². The number of carbonyl (C=O) groups is 1. The molecule has 1 N–H and O–H groups in total. The molecule has 38 heavy (non-hydrogen) atoms. The predicted molar refractivity (Wildman–Crippen MR) is 156 cm³/mol. The Hall–Kier alpha value is -3.69. The average molecular weight is 530 g/mol. The zero-order chi connectivity index (χ0) is 27.1. The van der Waals surface area contributed by atoms with Gasteiger partial charge in [-0.3, -0.25) is 4.79 Å². The van der Waals surface area contributed by atoms with E-state index >= 15 is 0 Å². The van der Waals surface area contributed by atoms with Gasteiger partial charge < -0.3 is 15.1 Å². The van der Waals surface area contributed by atoms with Crippen molar-refractivity contribution in [1.29, 1.82) is 0 Å². The van der Waals surface area contributed by atoms with Gasteiger partial charge in [-0.1, -0.05) is 67.6 Å². The molecule has 2 aromatic heterocycles. The van der Waals surface area contributed by atoms with Crippen LogP contribution in [0.5, 0.6) is 0 Å². The third-order valence-electron chi connectivity index (χ3n) is 5.96. The number of amides is 1. The van der Waals surface area contributed by atoms with E-state index in [9.17, 15) is 4.79 Å². The van der Waals surface area contributed by atoms with E-state index in [1.807, 2.05) is 68.7 Å². The SMILES string of the molecule is CCN(CCN(C)C)c1cc(C(=O)Nc2ccccc2-c2nnc(CC(C)C)s2)nc(-c2ccccc2)n1. The van der Waals surface area contributed by atoms with Gasteiger partial charge in [-0.25, -0.2) is 9.97 Å². The van der Waals surface area contributed by atoms with E-state index in [0.29, 0.717) is 23.1 Å². The lowest BCUT2D eigenvalue weighted by Crippen LogP contribution is -2.32. The van der Waals surface area contributed by atoms with E-state index in [4.69, 9.17) is 4.98 Å². The second-order valence-corrected chi connectivity index (χ2v) is 10.8. The highest BCUT2D eigenvalue weighted by Gasteiger charge is 2.19. The molecule has 4 rings (SSSR count). The van der Waals surface area contributed by atoms with Gasteiger partial charge >= 0.3 is 0 Å². The first-order valence-electron chi connectivity index (χ1n) is 12.9. The number of aromatic nitrogens is 4. The number of hydrogen-bond donors (Lipinski definition) is 1. The molecule has 0 spiro atoms. The Balaban J connectivity index is 1.67. The van der Waals surface area contributed by atoms with Crippen LogP contribution in [0.2, 0.25) is 0 Å². The number of nitrogens with zero attached hydrogens (tertiary/aromatic N) is 6. The minimum absolute atomic E-state index is 0.297. The number of likely N-dealkylation sites (N-methyl/N-ethyl adjacent to an activating group) is 2. The first-order valence-corrected chi connectivity index (χ1v) is 13.7. The van der Waals surface area contributed by atoms with Crippen LogP contribution >= 0.6 is 11.3 Å². The Morgan fingerprint density at radius 2 is 1.71 bits per heavy atom. The number of para-hydroxylation sites is 1. The Bertz CT molecular complexity index is 1350. The largest absolute Gasteiger partial charge is 0.355 e. The van der Waals surface area contributed by atoms with Gasteiger partial charge in [0, 0.05) is 43.2 Å². The molecule has 9 heteroatoms. The summed E-state index contributed by atoms with van der Waals surface area (Å²) in [7, 11) is 4.09. The van der Waals surface area contributed by atoms with Crippen molar-refractivity contribution in [3.05, 3.63) is 71.4 Å². The summed E-state index contributed by atoms with van der Waals surface area (Å²) in [6.07, 6.45) is 0.875. The summed E-state index contributed by atoms with van der Waals surface area (Å²) in [4.78, 5) is 27.4. The number of anilines is 2. The van der Waals surface area contributed by atoms with Gasteiger partial charge in [0.2, 0.25) is 0 Å². The van der Waals surface area contributed by atoms with E-state index in [1.165, 1.54) is 0 Å². The summed E-state index contributed by atoms with van der Waals surface area (Å²) < 4.78 is 0. The molecule has 0 fully saturated rings. The maximum absolute atomic E-state index is 13.6. The van der Waals surface area contributed by atoms with Crippen molar-refractivity contribution < 1.29 is 4.79 Å². The highest BCUT2D eigenvalue weighted by atomic mass is 32.1. The molecular weight excluding hydrogens is 494 g/mol. The van der Waals surface area contributed by atoms with E-state index < -0.39 is 0 Å². The quantitative estimate of drug-likeness (QED) is 0.274. The molecule has 0 atom stereocenters. The standard InChI is InChI=1S/C29H35N7OS/c1-6-36(17-16-35(4)5)25-19-24(30-27(32-25)21-12-8-7-9-13-21)28(37)31-23-15-11-10-14-22(23)29-34-33-26(38-29)18-20(2)3/h7-15,19-20H,6,16-18H2,1-5H3,(H,31,37). The molecule has 0 unspecified atom stereocenters. The number of nitrogens with one attached hydrogen (secondary N) is 1. The van der Waals surface area contributed by atoms with Crippen LogP contribution in [0.1, 0.15) is 36.3 Å². The third-order valence-corrected chi connectivity index (χ3v) is 6.93. The van der Waals surface area contributed by atoms with Crippen LogP contribution in [-0.4, -0.2) is 64.7 Å². The van der Waals surface area contributed by atoms with Crippen LogP contribution in [0.25, 0.3) is 22.0 Å². The minimum atomic E-state index is -0.297. The number of rotatable bonds is 11. The Morgan fingerprint density at radius 1 is 0.974 bits per heavy atom. The monoisotopic (exact) mass is 529 g/mol. The first kappa shape index (κ1) is 27.3. The van der Waals surface area contributed by atoms with Crippen LogP contribution in [0, 0.1) is 5.92 Å². The van der Waals surface area contributed by atoms with Crippen molar-refractivity contribution in [2.45, 2.75) is 27.2 Å². The lowest BCUT2D eigenvalue weighted by atomic mass is 10.1. The zero-order valence-corrected chi connectivity index (χ0v) is 23.5. The van der Waals surface area contributed by atoms with Crippen LogP contribution in [0.3, 0.4) is 0 Å². The summed E-state index contributed by atoms with van der Waals surface area (Å²) in [6, 6.07) is 19.2. The van der Waals surface area contributed by atoms with Crippen molar-refractivity contribution >= 4 is 28.7 Å². The second-order valence-electron chi connectivity index (χ2n) is 9.78. The Morgan fingerprint density at radius 3 is 2.42 bits per heavy atom. The third kappa shape index (κ3) is 6.99. The van der Waals surface area contributed by atoms with Gasteiger partial charge in [0.25, 0.3) is 5.91 Å². The topological polar surface area (TPSA) is 87.1 Å². The molecule has 2 aromatic carbocycles. The van der Waals surface area contributed by atoms with Crippen LogP contribution < -0.4 is 10.2 Å². The Labute approximate surface area is 228 Å². The second kappa shape index (κ2) is 12.7. The highest BCUT2D eigenvalue weighted by Crippen LogP contribution is 2.31. The van der Waals surface area contributed by atoms with Crippen LogP contribution in [0.4, 0.5) is 11.5 Å². The first-order chi connectivity index (χ1) is 18.3. The molecule has 8 nitrogen and oxygen atoms in total. The smallest absolute Gasteiger partial charge is 0.274 e. The summed E-state index contributed by atoms with van der Waals surface area (Å²) in [5, 5.41) is 13.6. The summed E-state index contributed by atoms with van der Waals surface area (Å²) in [5.74, 6) is 1.45. The number of benzene rings is 2. The molecule has 198 valence electrons. The summed E-state index contributed by atoms with van der Waals surface area (Å²) in [5.41, 5.74) is 2.68. The molecule has 0 bridgehead atoms. The molecule has 1 amide bonds. The van der Waals surface area contributed by atoms with E-state index in [2.05, 4.69) is 51.1 Å². The molecular formula is C29H35N7OS. The van der Waals surface area contributed by atoms with Gasteiger partial charge in [0.05, 0.1) is 5.69 Å². The lowest BCUT2D eigenvalue weighted by Gasteiger charge is -2.24. The van der Waals surface area contributed by atoms with Crippen LogP contribution in [0.15, 0.2) is 60.7 Å². The van der Waals surface area contributed by atoms with E-state index in [-0.39, 0.29) is 5.91 Å². The van der Waals surface area contributed by atoms with Crippen LogP contribution in [-0.2, 0) is 6.42 Å². The fraction of sp³-hybridized carbons (Fsp3) is 0.345. The maximum atomic E-state index is 13.6. The van der Waals surface area contributed by atoms with Crippen molar-refractivity contribution in [3.8, 4) is 22.0 Å². The van der Waals surface area contributed by atoms with Gasteiger partial charge in [0.15, 0.2) is 5.82 Å². The van der Waals surface area contributed by atoms with Crippen molar-refractivity contribution in [2.75, 3.05) is 43.9 Å². The highest BCUT2D eigenvalue weighted by molar-refractivity contribution is 7.14. The molecule has 0 aliphatic carbocycles. The fourth-order valence-electron chi connectivity index (χ4n) is 3.94. The minimum Gasteiger partial charge on any atom is -0.355 e. The number of carbonyl (C=O) groups excluding carboxylic acids is 1. The fourth-order valence-corrected chi connectivity index (χ4v) is 5.03. The van der Waals surface area contributed by atoms with Crippen molar-refractivity contribution in [2.24, 2.45) is 5.92 Å². The Kier molecular flexibility index (Phi) is 9.15. The molecule has 4 aromatic rings. The van der Waals surface area contributed by atoms with Gasteiger partial charge in [-0.2, -0.15) is 0 Å². The van der Waals surface area contributed by atoms with E-state index in [0.717, 1.165) is 53.0 Å². The van der Waals surface area contributed by atoms with Crippen molar-refractivity contribution in [3.63, 3.8) is 0 Å². The normalized spacial score (nSPS) is 11.2. The molecule has 0 radical (unpaired) electrons. The molecule has 0 saturated heterocycles.